The molecule has 1 radical (unpaired) electrons. The summed E-state index contributed by atoms with van der Waals surface area (Å²) in [5.41, 5.74) is 0. The maximum atomic E-state index is 7.50. The summed E-state index contributed by atoms with van der Waals surface area (Å²) >= 11 is 0. The molecule has 0 saturated heterocycles. The van der Waals surface area contributed by atoms with E-state index in [2.05, 4.69) is 33.3 Å². The van der Waals surface area contributed by atoms with Crippen LogP contribution in [0.4, 0.5) is 0 Å². The molecule has 0 aromatic rings. The third-order valence-corrected chi connectivity index (χ3v) is 0. The minimum atomic E-state index is 0. The average Bonchev–Trinajstić information content (AvgIpc) is 2.20. The van der Waals surface area contributed by atoms with Gasteiger partial charge in [0.15, 0.2) is 0 Å². The smallest absolute Gasteiger partial charge is 0 e. The molecule has 0 aromatic heterocycles. The summed E-state index contributed by atoms with van der Waals surface area (Å²) in [6.45, 7) is 22.5. The van der Waals surface area contributed by atoms with Crippen molar-refractivity contribution in [1.29, 1.82) is 0 Å². The van der Waals surface area contributed by atoms with Crippen LogP contribution in [0, 0.1) is 33.3 Å². The zero-order valence-electron chi connectivity index (χ0n) is 5.30. The van der Waals surface area contributed by atoms with Crippen LogP contribution in [0.2, 0.25) is 0 Å². The Labute approximate surface area is 86.4 Å². The van der Waals surface area contributed by atoms with Crippen molar-refractivity contribution in [2.75, 3.05) is 0 Å². The fourth-order valence-electron chi connectivity index (χ4n) is 0. The topological polar surface area (TPSA) is 99.5 Å². The van der Waals surface area contributed by atoms with E-state index in [1.165, 1.54) is 0 Å². The standard InChI is InChI=1S/5CO.ClH.Mn/c5*1-2;;/h;;;;;1H;/p-1. The molecule has 0 rings (SSSR count). The van der Waals surface area contributed by atoms with Crippen molar-refractivity contribution < 1.29 is 52.7 Å². The summed E-state index contributed by atoms with van der Waals surface area (Å²) in [7, 11) is 0. The van der Waals surface area contributed by atoms with Crippen LogP contribution in [0.1, 0.15) is 0 Å². The van der Waals surface area contributed by atoms with Gasteiger partial charge in [0.2, 0.25) is 0 Å². The summed E-state index contributed by atoms with van der Waals surface area (Å²) < 4.78 is 37.5. The Hall–Kier alpha value is -0.491. The van der Waals surface area contributed by atoms with Crippen LogP contribution in [0.3, 0.4) is 0 Å². The molecule has 0 fully saturated rings. The van der Waals surface area contributed by atoms with Gasteiger partial charge in [0, 0.05) is 17.1 Å². The summed E-state index contributed by atoms with van der Waals surface area (Å²) in [6, 6.07) is 0. The van der Waals surface area contributed by atoms with E-state index in [1.807, 2.05) is 0 Å². The van der Waals surface area contributed by atoms with Crippen molar-refractivity contribution in [2.24, 2.45) is 0 Å². The average molecular weight is 230 g/mol. The molecule has 5 nitrogen and oxygen atoms in total. The second-order valence-corrected chi connectivity index (χ2v) is 0. The number of hydrogen-bond acceptors (Lipinski definition) is 0. The Kier molecular flexibility index (Phi) is 20600. The van der Waals surface area contributed by atoms with Crippen molar-refractivity contribution in [3.05, 3.63) is 33.3 Å². The van der Waals surface area contributed by atoms with Gasteiger partial charge in [-0.25, -0.2) is 0 Å². The van der Waals surface area contributed by atoms with E-state index in [9.17, 15) is 0 Å². The molecular weight excluding hydrogens is 230 g/mol. The Balaban J connectivity index is -0.00000000500. The van der Waals surface area contributed by atoms with Gasteiger partial charge in [-0.3, -0.25) is 0 Å². The number of halogens is 1. The largest absolute Gasteiger partial charge is 1.00 e. The fraction of sp³-hybridized carbons (Fsp3) is 0. The second-order valence-electron chi connectivity index (χ2n) is 0. The minimum absolute atomic E-state index is 0. The molecule has 0 aliphatic carbocycles. The Morgan fingerprint density at radius 2 is 0.417 bits per heavy atom. The van der Waals surface area contributed by atoms with Crippen molar-refractivity contribution in [1.82, 2.24) is 0 Å². The predicted octanol–water partition coefficient (Wildman–Crippen LogP) is -3.19. The number of hydrogen-bond donors (Lipinski definition) is 0. The normalized spacial score (nSPS) is 0.833. The Morgan fingerprint density at radius 3 is 0.417 bits per heavy atom. The molecule has 0 aliphatic rings. The van der Waals surface area contributed by atoms with Crippen LogP contribution in [0.5, 0.6) is 0 Å². The van der Waals surface area contributed by atoms with Crippen molar-refractivity contribution in [3.8, 4) is 0 Å². The molecule has 65 valence electrons. The van der Waals surface area contributed by atoms with Crippen LogP contribution in [-0.2, 0) is 40.3 Å². The molecule has 12 heavy (non-hydrogen) atoms. The third kappa shape index (κ3) is 2860. The first kappa shape index (κ1) is 62.5. The van der Waals surface area contributed by atoms with Crippen LogP contribution in [-0.4, -0.2) is 0 Å². The maximum absolute atomic E-state index is 7.50. The first-order valence-corrected chi connectivity index (χ1v) is 1.02. The van der Waals surface area contributed by atoms with Gasteiger partial charge in [0.05, 0.1) is 0 Å². The third-order valence-electron chi connectivity index (χ3n) is 0. The molecule has 0 saturated carbocycles. The van der Waals surface area contributed by atoms with Crippen LogP contribution in [0.15, 0.2) is 0 Å². The molecule has 0 amide bonds. The first-order chi connectivity index (χ1) is 5.00. The van der Waals surface area contributed by atoms with Crippen molar-refractivity contribution >= 4 is 0 Å². The zero-order valence-corrected chi connectivity index (χ0v) is 7.23. The Morgan fingerprint density at radius 1 is 0.417 bits per heavy atom. The van der Waals surface area contributed by atoms with Crippen LogP contribution in [0.25, 0.3) is 0 Å². The zero-order chi connectivity index (χ0) is 10.0. The summed E-state index contributed by atoms with van der Waals surface area (Å²) in [5, 5.41) is 0. The van der Waals surface area contributed by atoms with E-state index < -0.39 is 0 Å². The van der Waals surface area contributed by atoms with Gasteiger partial charge in [-0.2, -0.15) is 0 Å². The van der Waals surface area contributed by atoms with E-state index in [0.717, 1.165) is 0 Å². The minimum Gasteiger partial charge on any atom is -1.00 e. The quantitative estimate of drug-likeness (QED) is 0.238. The van der Waals surface area contributed by atoms with Gasteiger partial charge >= 0.3 is 56.5 Å². The van der Waals surface area contributed by atoms with Gasteiger partial charge in [-0.05, 0) is 0 Å². The van der Waals surface area contributed by atoms with E-state index >= 15 is 0 Å². The van der Waals surface area contributed by atoms with Crippen LogP contribution >= 0.6 is 0 Å². The van der Waals surface area contributed by atoms with E-state index in [1.54, 1.807) is 0 Å². The maximum Gasteiger partial charge on any atom is 0 e. The molecule has 0 aliphatic heterocycles. The molecule has 0 aromatic carbocycles. The van der Waals surface area contributed by atoms with E-state index in [-0.39, 0.29) is 29.5 Å². The number of rotatable bonds is 0. The summed E-state index contributed by atoms with van der Waals surface area (Å²) in [5.74, 6) is 0. The van der Waals surface area contributed by atoms with E-state index in [0.29, 0.717) is 0 Å². The molecule has 7 heteroatoms. The van der Waals surface area contributed by atoms with Gasteiger partial charge in [-0.1, -0.05) is 0 Å². The molecule has 0 N–H and O–H groups in total. The van der Waals surface area contributed by atoms with Crippen molar-refractivity contribution in [2.45, 2.75) is 0 Å². The SMILES string of the molecule is [C-]#[O+].[C-]#[O+].[C-]#[O+].[C-]#[O+].[C-]#[O+].[Cl-].[Mn]. The monoisotopic (exact) mass is 230 g/mol. The molecule has 0 unspecified atom stereocenters. The fourth-order valence-corrected chi connectivity index (χ4v) is 0. The van der Waals surface area contributed by atoms with Crippen molar-refractivity contribution in [3.63, 3.8) is 0 Å². The van der Waals surface area contributed by atoms with Gasteiger partial charge in [-0.15, -0.1) is 0 Å². The van der Waals surface area contributed by atoms with Gasteiger partial charge in [0.25, 0.3) is 0 Å². The molecule has 0 bridgehead atoms. The summed E-state index contributed by atoms with van der Waals surface area (Å²) in [4.78, 5) is 0. The molecular formula is C5ClMnO5-. The molecule has 0 heterocycles. The first-order valence-electron chi connectivity index (χ1n) is 1.02. The van der Waals surface area contributed by atoms with Gasteiger partial charge in [0.1, 0.15) is 0 Å². The van der Waals surface area contributed by atoms with Gasteiger partial charge < -0.3 is 12.4 Å². The van der Waals surface area contributed by atoms with Crippen LogP contribution < -0.4 is 12.4 Å². The Bertz CT molecular complexity index is 78.4. The molecule has 0 spiro atoms. The predicted molar refractivity (Wildman–Crippen MR) is 19.6 cm³/mol. The summed E-state index contributed by atoms with van der Waals surface area (Å²) in [6.07, 6.45) is 0. The van der Waals surface area contributed by atoms with E-state index in [4.69, 9.17) is 23.3 Å². The second kappa shape index (κ2) is 3950. The molecule has 0 atom stereocenters.